The van der Waals surface area contributed by atoms with Gasteiger partial charge >= 0.3 is 5.97 Å². The van der Waals surface area contributed by atoms with Gasteiger partial charge in [0, 0.05) is 36.3 Å². The number of hydrogen-bond acceptors (Lipinski definition) is 6. The molecule has 1 aliphatic rings. The largest absolute Gasteiger partial charge is 0.457 e. The van der Waals surface area contributed by atoms with E-state index in [-0.39, 0.29) is 30.1 Å². The van der Waals surface area contributed by atoms with Gasteiger partial charge in [0.05, 0.1) is 10.8 Å². The first kappa shape index (κ1) is 20.2. The molecule has 2 aromatic carbocycles. The second-order valence-corrected chi connectivity index (χ2v) is 7.03. The summed E-state index contributed by atoms with van der Waals surface area (Å²) in [6.45, 7) is 3.59. The van der Waals surface area contributed by atoms with Crippen LogP contribution in [0, 0.1) is 29.9 Å². The summed E-state index contributed by atoms with van der Waals surface area (Å²) < 4.78 is 5.10. The molecular weight excluding hydrogens is 376 g/mol. The highest BCUT2D eigenvalue weighted by molar-refractivity contribution is 6.01. The zero-order chi connectivity index (χ0) is 21.1. The van der Waals surface area contributed by atoms with Crippen molar-refractivity contribution in [2.45, 2.75) is 20.3 Å². The monoisotopic (exact) mass is 396 g/mol. The number of Topliss-reactive ketones (excluding diaryl/α,β-unsaturated/α-hetero) is 1. The van der Waals surface area contributed by atoms with E-state index in [0.717, 1.165) is 16.8 Å². The van der Waals surface area contributed by atoms with E-state index in [0.29, 0.717) is 0 Å². The molecule has 1 amide bonds. The van der Waals surface area contributed by atoms with E-state index in [9.17, 15) is 24.5 Å². The Morgan fingerprint density at radius 3 is 2.48 bits per heavy atom. The number of nitro benzene ring substituents is 1. The number of esters is 1. The number of ether oxygens (including phenoxy) is 1. The van der Waals surface area contributed by atoms with Gasteiger partial charge in [0.1, 0.15) is 0 Å². The van der Waals surface area contributed by atoms with E-state index in [2.05, 4.69) is 0 Å². The third kappa shape index (κ3) is 4.48. The highest BCUT2D eigenvalue weighted by Crippen LogP contribution is 2.29. The average Bonchev–Trinajstić information content (AvgIpc) is 3.07. The van der Waals surface area contributed by atoms with E-state index < -0.39 is 29.2 Å². The number of non-ortho nitro benzene ring substituents is 1. The van der Waals surface area contributed by atoms with E-state index in [1.807, 2.05) is 32.0 Å². The molecule has 2 aromatic rings. The van der Waals surface area contributed by atoms with Crippen molar-refractivity contribution in [1.82, 2.24) is 0 Å². The molecule has 0 unspecified atom stereocenters. The maximum Gasteiger partial charge on any atom is 0.311 e. The summed E-state index contributed by atoms with van der Waals surface area (Å²) >= 11 is 0. The lowest BCUT2D eigenvalue weighted by Gasteiger charge is -2.19. The Bertz CT molecular complexity index is 983. The lowest BCUT2D eigenvalue weighted by atomic mass is 10.1. The van der Waals surface area contributed by atoms with Crippen molar-refractivity contribution in [3.05, 3.63) is 69.3 Å². The number of benzene rings is 2. The summed E-state index contributed by atoms with van der Waals surface area (Å²) in [6.07, 6.45) is 0.0257. The van der Waals surface area contributed by atoms with Crippen molar-refractivity contribution in [3.63, 3.8) is 0 Å². The molecule has 3 rings (SSSR count). The average molecular weight is 396 g/mol. The Labute approximate surface area is 167 Å². The minimum atomic E-state index is -0.645. The van der Waals surface area contributed by atoms with Gasteiger partial charge in [-0.05, 0) is 37.6 Å². The van der Waals surface area contributed by atoms with Gasteiger partial charge in [-0.3, -0.25) is 24.5 Å². The van der Waals surface area contributed by atoms with E-state index in [1.54, 1.807) is 4.90 Å². The molecular formula is C21H20N2O6. The summed E-state index contributed by atoms with van der Waals surface area (Å²) in [6, 6.07) is 10.8. The first-order valence-corrected chi connectivity index (χ1v) is 9.08. The zero-order valence-electron chi connectivity index (χ0n) is 16.1. The van der Waals surface area contributed by atoms with Crippen molar-refractivity contribution in [1.29, 1.82) is 0 Å². The predicted molar refractivity (Wildman–Crippen MR) is 105 cm³/mol. The topological polar surface area (TPSA) is 107 Å². The second kappa shape index (κ2) is 8.22. The smallest absolute Gasteiger partial charge is 0.311 e. The summed E-state index contributed by atoms with van der Waals surface area (Å²) in [5, 5.41) is 10.7. The van der Waals surface area contributed by atoms with Crippen LogP contribution in [0.4, 0.5) is 11.4 Å². The van der Waals surface area contributed by atoms with Gasteiger partial charge in [-0.2, -0.15) is 0 Å². The molecule has 1 heterocycles. The van der Waals surface area contributed by atoms with Crippen molar-refractivity contribution in [2.24, 2.45) is 5.92 Å². The van der Waals surface area contributed by atoms with E-state index >= 15 is 0 Å². The zero-order valence-corrected chi connectivity index (χ0v) is 16.1. The van der Waals surface area contributed by atoms with Crippen molar-refractivity contribution in [2.75, 3.05) is 18.1 Å². The number of carbonyl (C=O) groups is 3. The third-order valence-electron chi connectivity index (χ3n) is 4.85. The van der Waals surface area contributed by atoms with Crippen molar-refractivity contribution in [3.8, 4) is 0 Å². The predicted octanol–water partition coefficient (Wildman–Crippen LogP) is 2.99. The lowest BCUT2D eigenvalue weighted by Crippen LogP contribution is -2.27. The molecule has 1 fully saturated rings. The Balaban J connectivity index is 1.59. The van der Waals surface area contributed by atoms with Gasteiger partial charge in [0.15, 0.2) is 12.4 Å². The number of nitro groups is 1. The highest BCUT2D eigenvalue weighted by atomic mass is 16.6. The van der Waals surface area contributed by atoms with Gasteiger partial charge in [-0.15, -0.1) is 0 Å². The second-order valence-electron chi connectivity index (χ2n) is 7.03. The van der Waals surface area contributed by atoms with Crippen LogP contribution >= 0.6 is 0 Å². The van der Waals surface area contributed by atoms with Crippen molar-refractivity contribution >= 4 is 29.0 Å². The number of aryl methyl sites for hydroxylation is 2. The van der Waals surface area contributed by atoms with Gasteiger partial charge < -0.3 is 9.64 Å². The van der Waals surface area contributed by atoms with E-state index in [1.165, 1.54) is 24.3 Å². The van der Waals surface area contributed by atoms with Gasteiger partial charge in [0.25, 0.3) is 5.69 Å². The van der Waals surface area contributed by atoms with Crippen LogP contribution in [0.5, 0.6) is 0 Å². The molecule has 0 N–H and O–H groups in total. The summed E-state index contributed by atoms with van der Waals surface area (Å²) in [5.41, 5.74) is 2.87. The Morgan fingerprint density at radius 1 is 1.17 bits per heavy atom. The van der Waals surface area contributed by atoms with Gasteiger partial charge in [-0.1, -0.05) is 17.7 Å². The summed E-state index contributed by atoms with van der Waals surface area (Å²) in [4.78, 5) is 48.5. The number of rotatable bonds is 6. The molecule has 1 aliphatic heterocycles. The molecule has 1 saturated heterocycles. The fraction of sp³-hybridized carbons (Fsp3) is 0.286. The maximum atomic E-state index is 12.4. The molecule has 29 heavy (non-hydrogen) atoms. The van der Waals surface area contributed by atoms with Crippen LogP contribution in [0.2, 0.25) is 0 Å². The number of nitrogens with zero attached hydrogens (tertiary/aromatic N) is 2. The number of carbonyl (C=O) groups excluding carboxylic acids is 3. The quantitative estimate of drug-likeness (QED) is 0.322. The van der Waals surface area contributed by atoms with Crippen LogP contribution < -0.4 is 4.90 Å². The highest BCUT2D eigenvalue weighted by Gasteiger charge is 2.36. The minimum Gasteiger partial charge on any atom is -0.457 e. The van der Waals surface area contributed by atoms with Gasteiger partial charge in [0.2, 0.25) is 5.91 Å². The SMILES string of the molecule is Cc1ccc(N2C[C@H](C(=O)OCC(=O)c3ccc([N+](=O)[O-])cc3)CC2=O)c(C)c1. The molecule has 150 valence electrons. The third-order valence-corrected chi connectivity index (χ3v) is 4.85. The number of hydrogen-bond donors (Lipinski definition) is 0. The number of ketones is 1. The van der Waals surface area contributed by atoms with Gasteiger partial charge in [-0.25, -0.2) is 0 Å². The Morgan fingerprint density at radius 2 is 1.86 bits per heavy atom. The standard InChI is InChI=1S/C21H20N2O6/c1-13-3-8-18(14(2)9-13)22-11-16(10-20(22)25)21(26)29-12-19(24)15-4-6-17(7-5-15)23(27)28/h3-9,16H,10-12H2,1-2H3/t16-/m1/s1. The minimum absolute atomic E-state index is 0.0257. The van der Waals surface area contributed by atoms with Crippen molar-refractivity contribution < 1.29 is 24.0 Å². The molecule has 8 heteroatoms. The first-order chi connectivity index (χ1) is 13.8. The van der Waals surface area contributed by atoms with Crippen LogP contribution in [-0.2, 0) is 14.3 Å². The maximum absolute atomic E-state index is 12.4. The fourth-order valence-electron chi connectivity index (χ4n) is 3.31. The molecule has 0 radical (unpaired) electrons. The number of amides is 1. The van der Waals surface area contributed by atoms with Crippen LogP contribution in [0.25, 0.3) is 0 Å². The Kier molecular flexibility index (Phi) is 5.72. The van der Waals surface area contributed by atoms with Crippen LogP contribution in [0.15, 0.2) is 42.5 Å². The van der Waals surface area contributed by atoms with Crippen LogP contribution in [0.3, 0.4) is 0 Å². The molecule has 0 saturated carbocycles. The lowest BCUT2D eigenvalue weighted by molar-refractivity contribution is -0.384. The molecule has 0 aliphatic carbocycles. The number of anilines is 1. The normalized spacial score (nSPS) is 16.0. The summed E-state index contributed by atoms with van der Waals surface area (Å²) in [5.74, 6) is -1.89. The molecule has 1 atom stereocenters. The molecule has 0 bridgehead atoms. The molecule has 0 aromatic heterocycles. The molecule has 0 spiro atoms. The summed E-state index contributed by atoms with van der Waals surface area (Å²) in [7, 11) is 0. The fourth-order valence-corrected chi connectivity index (χ4v) is 3.31. The Hall–Kier alpha value is -3.55. The van der Waals surface area contributed by atoms with Crippen LogP contribution in [-0.4, -0.2) is 35.7 Å². The molecule has 8 nitrogen and oxygen atoms in total. The van der Waals surface area contributed by atoms with Crippen LogP contribution in [0.1, 0.15) is 27.9 Å². The van der Waals surface area contributed by atoms with E-state index in [4.69, 9.17) is 4.74 Å². The first-order valence-electron chi connectivity index (χ1n) is 9.08.